The van der Waals surface area contributed by atoms with E-state index >= 15 is 4.39 Å². The summed E-state index contributed by atoms with van der Waals surface area (Å²) in [5.41, 5.74) is 17.7. The summed E-state index contributed by atoms with van der Waals surface area (Å²) in [5.74, 6) is -10.1. The van der Waals surface area contributed by atoms with Crippen molar-refractivity contribution in [2.75, 3.05) is 26.2 Å². The van der Waals surface area contributed by atoms with Crippen LogP contribution < -0.4 is 65.3 Å². The van der Waals surface area contributed by atoms with Crippen LogP contribution in [-0.2, 0) is 114 Å². The number of fused-ring (bicyclic) bond motifs is 5. The van der Waals surface area contributed by atoms with E-state index in [0.29, 0.717) is 45.2 Å². The number of benzene rings is 3. The number of phenols is 1. The minimum atomic E-state index is -2.12. The summed E-state index contributed by atoms with van der Waals surface area (Å²) in [7, 11) is 0. The molecule has 34 heteroatoms. The number of primary amides is 1. The third kappa shape index (κ3) is 19.2. The first-order valence-electron chi connectivity index (χ1n) is 33.8. The predicted octanol–water partition coefficient (Wildman–Crippen LogP) is -0.140. The molecule has 4 aliphatic rings. The summed E-state index contributed by atoms with van der Waals surface area (Å²) in [5, 5.41) is 53.5. The van der Waals surface area contributed by atoms with E-state index in [4.69, 9.17) is 26.9 Å². The van der Waals surface area contributed by atoms with Gasteiger partial charge in [0.1, 0.15) is 54.9 Å². The van der Waals surface area contributed by atoms with Crippen molar-refractivity contribution < 1.29 is 101 Å². The number of aromatic hydroxyl groups is 1. The Bertz CT molecular complexity index is 4240. The standard InChI is InChI=1S/C70H83FN15O17.V/c1-3-70(102)43-31-52-60-41(33-85(52)65(97)42(43)35-103-67(70)100)59-45(21-20-40-36(2)44(71)32-49(81-60)58(40)59)78-53(88)22-23-54(89)80-50(29-37-11-5-4-6-12-37)64(96)83-48(15-10-28-77-69(74)101)62(94)82-47(63(95)84-51(66(98)99)30-38-16-18-39(87)19-17-38)13-7-8-26-75-61(93)46(14-9-27-76-68(72)73)79-55(90)34-86-56(91)24-25-57(86)92;/h4-6,11-12,16-19,24,31-32,45-48,50-51,87,102H,3,7-10,13-15,20-23,25-30,33-35H2,1-2H3,(H,75,93)(H,78,88)(H,79,90)(H,80,89)(H,82,94)(H,83,96)(H,84,95)(H,98,99)(H4,72,73,76)(H3,74,77,101);/q-1;/t45-,46+,47-,48-,50-,51-,70-;/m0./s1. The zero-order chi connectivity index (χ0) is 74.4. The summed E-state index contributed by atoms with van der Waals surface area (Å²) in [6, 6.07) is 7.94. The fourth-order valence-electron chi connectivity index (χ4n) is 13.1. The van der Waals surface area contributed by atoms with Crippen molar-refractivity contribution in [3.8, 4) is 17.1 Å². The molecule has 3 aromatic carbocycles. The van der Waals surface area contributed by atoms with Gasteiger partial charge in [-0.3, -0.25) is 54.6 Å². The van der Waals surface area contributed by atoms with E-state index in [-0.39, 0.29) is 168 Å². The van der Waals surface area contributed by atoms with Crippen LogP contribution in [0.3, 0.4) is 0 Å². The van der Waals surface area contributed by atoms with Gasteiger partial charge in [0.2, 0.25) is 47.3 Å². The number of carboxylic acid groups (broad SMARTS) is 1. The Labute approximate surface area is 607 Å². The number of aliphatic carboxylic acids is 1. The van der Waals surface area contributed by atoms with Gasteiger partial charge in [-0.05, 0) is 117 Å². The fourth-order valence-corrected chi connectivity index (χ4v) is 13.1. The maximum atomic E-state index is 15.7. The minimum Gasteiger partial charge on any atom is -0.508 e. The smallest absolute Gasteiger partial charge is 0.343 e. The van der Waals surface area contributed by atoms with Gasteiger partial charge in [-0.1, -0.05) is 55.8 Å². The number of nitrogens with two attached hydrogens (primary N) is 3. The Morgan fingerprint density at radius 3 is 2.01 bits per heavy atom. The van der Waals surface area contributed by atoms with Crippen LogP contribution in [-0.4, -0.2) is 163 Å². The molecule has 1 aliphatic carbocycles. The quantitative estimate of drug-likeness (QED) is 0.00624. The molecule has 3 aliphatic heterocycles. The number of hydrogen-bond acceptors (Lipinski definition) is 18. The second kappa shape index (κ2) is 35.3. The Kier molecular flexibility index (Phi) is 26.7. The van der Waals surface area contributed by atoms with Crippen LogP contribution in [0.5, 0.6) is 5.75 Å². The number of unbranched alkanes of at least 4 members (excludes halogenated alkanes) is 1. The number of halogens is 1. The average molecular weight is 1480 g/mol. The number of phenolic OH excluding ortho intramolecular Hbond substituents is 1. The molecule has 1 saturated heterocycles. The number of aromatic nitrogens is 2. The number of likely N-dealkylation sites (tertiary alicyclic amines) is 1. The molecule has 7 atom stereocenters. The summed E-state index contributed by atoms with van der Waals surface area (Å²) >= 11 is 0. The maximum Gasteiger partial charge on any atom is 0.343 e. The molecule has 104 heavy (non-hydrogen) atoms. The number of aliphatic hydroxyl groups is 1. The number of esters is 1. The number of carboxylic acids is 1. The number of aliphatic imine (C=N–C) groups is 1. The van der Waals surface area contributed by atoms with Crippen molar-refractivity contribution in [3.05, 3.63) is 134 Å². The van der Waals surface area contributed by atoms with Gasteiger partial charge in [-0.2, -0.15) is 0 Å². The molecular formula is C70H83FN15O17V-. The number of aryl methyl sites for hydroxylation is 1. The van der Waals surface area contributed by atoms with E-state index in [1.54, 1.807) is 44.2 Å². The zero-order valence-electron chi connectivity index (χ0n) is 57.1. The summed E-state index contributed by atoms with van der Waals surface area (Å²) < 4.78 is 22.4. The molecule has 17 N–H and O–H groups in total. The van der Waals surface area contributed by atoms with Crippen LogP contribution in [0.15, 0.2) is 76.5 Å². The van der Waals surface area contributed by atoms with Gasteiger partial charge in [-0.25, -0.2) is 23.8 Å². The van der Waals surface area contributed by atoms with Crippen molar-refractivity contribution in [2.45, 2.75) is 165 Å². The molecule has 0 unspecified atom stereocenters. The van der Waals surface area contributed by atoms with E-state index in [1.165, 1.54) is 41.0 Å². The monoisotopic (exact) mass is 1480 g/mol. The molecule has 0 bridgehead atoms. The Morgan fingerprint density at radius 1 is 0.740 bits per heavy atom. The molecule has 5 heterocycles. The number of pyridine rings is 2. The topological polar surface area (TPSA) is 500 Å². The van der Waals surface area contributed by atoms with Gasteiger partial charge in [0.15, 0.2) is 11.6 Å². The normalized spacial score (nSPS) is 16.8. The van der Waals surface area contributed by atoms with Crippen molar-refractivity contribution in [3.63, 3.8) is 0 Å². The summed E-state index contributed by atoms with van der Waals surface area (Å²) in [6.45, 7) is 2.09. The SMILES string of the molecule is CC[C@@]1(O)C(=O)OCc2c1cc1n(c2=O)Cc2c-1nc1cc(F)c(C)c3c1c2[C@@H](NC(=O)CCC(=O)N[C@@H](Cc1ccccc1)C(=O)N[C@@H](CCCNC(N)=O)C(=O)N[C@@H](CCCCNC(=O)[C@@H](CCCN=C(N)N)NC(=O)CN1C(=O)[CH-]CC1=O)C(=O)N[C@@H](Cc1ccc(O)cc1)C(=O)O)CC3.[V]. The summed E-state index contributed by atoms with van der Waals surface area (Å²) in [6.07, 6.45) is 0.121. The molecule has 11 amide bonds. The minimum absolute atomic E-state index is 0. The number of nitrogens with zero attached hydrogens (tertiary/aromatic N) is 4. The molecule has 32 nitrogen and oxygen atoms in total. The first-order valence-corrected chi connectivity index (χ1v) is 33.8. The molecule has 1 radical (unpaired) electrons. The third-order valence-corrected chi connectivity index (χ3v) is 18.6. The number of guanidine groups is 1. The molecule has 5 aromatic rings. The molecular weight excluding hydrogens is 1390 g/mol. The molecule has 2 aromatic heterocycles. The van der Waals surface area contributed by atoms with E-state index in [2.05, 4.69) is 47.5 Å². The van der Waals surface area contributed by atoms with Crippen LogP contribution >= 0.6 is 0 Å². The number of ether oxygens (including phenoxy) is 1. The molecule has 1 fully saturated rings. The number of carbonyl (C=O) groups is 12. The predicted molar refractivity (Wildman–Crippen MR) is 366 cm³/mol. The van der Waals surface area contributed by atoms with Crippen LogP contribution in [0.25, 0.3) is 22.3 Å². The van der Waals surface area contributed by atoms with Gasteiger partial charge in [0.05, 0.1) is 41.0 Å². The van der Waals surface area contributed by atoms with E-state index < -0.39 is 144 Å². The number of urea groups is 1. The fraction of sp³-hybridized carbons (Fsp3) is 0.429. The number of carbonyl (C=O) groups excluding carboxylic acids is 11. The van der Waals surface area contributed by atoms with E-state index in [0.717, 1.165) is 11.3 Å². The number of rotatable bonds is 34. The maximum absolute atomic E-state index is 15.7. The van der Waals surface area contributed by atoms with Crippen molar-refractivity contribution >= 4 is 88.0 Å². The van der Waals surface area contributed by atoms with Crippen molar-refractivity contribution in [2.24, 2.45) is 22.2 Å². The van der Waals surface area contributed by atoms with E-state index in [9.17, 15) is 77.6 Å². The number of cyclic esters (lactones) is 1. The second-order valence-electron chi connectivity index (χ2n) is 25.7. The Balaban J connectivity index is 0.0000137. The Hall–Kier alpha value is -10.9. The number of imide groups is 1. The molecule has 0 spiro atoms. The van der Waals surface area contributed by atoms with Crippen LogP contribution in [0, 0.1) is 19.2 Å². The van der Waals surface area contributed by atoms with E-state index in [1.807, 2.05) is 0 Å². The van der Waals surface area contributed by atoms with Gasteiger partial charge < -0.3 is 94.1 Å². The van der Waals surface area contributed by atoms with Crippen LogP contribution in [0.4, 0.5) is 9.18 Å². The first-order chi connectivity index (χ1) is 49.1. The molecule has 0 saturated carbocycles. The molecule has 9 rings (SSSR count). The van der Waals surface area contributed by atoms with Gasteiger partial charge in [-0.15, -0.1) is 0 Å². The summed E-state index contributed by atoms with van der Waals surface area (Å²) in [4.78, 5) is 184. The number of nitrogens with one attached hydrogen (secondary N) is 8. The van der Waals surface area contributed by atoms with Crippen LogP contribution in [0.2, 0.25) is 0 Å². The van der Waals surface area contributed by atoms with Crippen LogP contribution in [0.1, 0.15) is 135 Å². The number of amides is 11. The third-order valence-electron chi connectivity index (χ3n) is 18.6. The van der Waals surface area contributed by atoms with Gasteiger partial charge in [0, 0.05) is 86.5 Å². The van der Waals surface area contributed by atoms with Crippen molar-refractivity contribution in [1.82, 2.24) is 57.0 Å². The second-order valence-corrected chi connectivity index (χ2v) is 25.7. The zero-order valence-corrected chi connectivity index (χ0v) is 58.5. The Morgan fingerprint density at radius 2 is 1.36 bits per heavy atom. The van der Waals surface area contributed by atoms with Gasteiger partial charge in [0.25, 0.3) is 5.56 Å². The largest absolute Gasteiger partial charge is 0.508 e. The number of hydrogen-bond donors (Lipinski definition) is 14. The molecule has 553 valence electrons. The van der Waals surface area contributed by atoms with Crippen molar-refractivity contribution in [1.29, 1.82) is 0 Å². The van der Waals surface area contributed by atoms with Gasteiger partial charge >= 0.3 is 18.0 Å². The first kappa shape index (κ1) is 78.8. The average Bonchev–Trinajstić information content (AvgIpc) is 1.50.